The topological polar surface area (TPSA) is 26.0 Å². The van der Waals surface area contributed by atoms with Crippen LogP contribution in [0, 0.1) is 0 Å². The summed E-state index contributed by atoms with van der Waals surface area (Å²) in [5.41, 5.74) is 0. The highest BCUT2D eigenvalue weighted by Gasteiger charge is 2.13. The number of nitrogens with two attached hydrogens (primary N) is 1. The third-order valence-electron chi connectivity index (χ3n) is 2.04. The van der Waals surface area contributed by atoms with Gasteiger partial charge in [0.25, 0.3) is 0 Å². The maximum atomic E-state index is 6.03. The third kappa shape index (κ3) is 8.74. The molecule has 0 rings (SSSR count). The van der Waals surface area contributed by atoms with Gasteiger partial charge in [0.15, 0.2) is 0 Å². The van der Waals surface area contributed by atoms with Gasteiger partial charge in [-0.2, -0.15) is 5.84 Å². The Kier molecular flexibility index (Phi) is 10.4. The fourth-order valence-corrected chi connectivity index (χ4v) is 1.15. The van der Waals surface area contributed by atoms with Crippen LogP contribution in [0.2, 0.25) is 0 Å². The van der Waals surface area contributed by atoms with E-state index >= 15 is 0 Å². The summed E-state index contributed by atoms with van der Waals surface area (Å²) in [4.78, 5) is 0. The maximum absolute atomic E-state index is 6.03. The standard InChI is InChI=1S/C9H23N2.HI/c1-4-6-8-11(3,10)9-7-5-2;/h4-10H2,1-3H3;1H/q+1;/p-1. The Morgan fingerprint density at radius 3 is 1.58 bits per heavy atom. The van der Waals surface area contributed by atoms with Crippen LogP contribution in [0.5, 0.6) is 0 Å². The number of hydrogen-bond acceptors (Lipinski definition) is 1. The number of unbranched alkanes of at least 4 members (excludes halogenated alkanes) is 2. The number of quaternary nitrogens is 1. The van der Waals surface area contributed by atoms with Crippen molar-refractivity contribution in [3.05, 3.63) is 0 Å². The van der Waals surface area contributed by atoms with Crippen molar-refractivity contribution < 1.29 is 28.6 Å². The molecular weight excluding hydrogens is 263 g/mol. The van der Waals surface area contributed by atoms with Gasteiger partial charge >= 0.3 is 0 Å². The lowest BCUT2D eigenvalue weighted by molar-refractivity contribution is -0.921. The van der Waals surface area contributed by atoms with Gasteiger partial charge in [-0.15, -0.1) is 0 Å². The van der Waals surface area contributed by atoms with Gasteiger partial charge in [0, 0.05) is 0 Å². The molecule has 0 aliphatic carbocycles. The van der Waals surface area contributed by atoms with Crippen LogP contribution in [0.3, 0.4) is 0 Å². The average Bonchev–Trinajstić information content (AvgIpc) is 1.97. The largest absolute Gasteiger partial charge is 1.00 e. The molecule has 0 saturated heterocycles. The molecule has 0 fully saturated rings. The molecule has 0 radical (unpaired) electrons. The second kappa shape index (κ2) is 8.26. The smallest absolute Gasteiger partial charge is 0.0957 e. The van der Waals surface area contributed by atoms with Gasteiger partial charge in [-0.3, -0.25) is 4.59 Å². The van der Waals surface area contributed by atoms with E-state index in [1.165, 1.54) is 25.7 Å². The van der Waals surface area contributed by atoms with Crippen molar-refractivity contribution in [2.75, 3.05) is 20.1 Å². The van der Waals surface area contributed by atoms with E-state index in [4.69, 9.17) is 5.84 Å². The van der Waals surface area contributed by atoms with Crippen molar-refractivity contribution in [1.82, 2.24) is 0 Å². The van der Waals surface area contributed by atoms with Gasteiger partial charge in [-0.25, -0.2) is 0 Å². The average molecular weight is 286 g/mol. The van der Waals surface area contributed by atoms with Crippen molar-refractivity contribution in [2.24, 2.45) is 5.84 Å². The molecule has 12 heavy (non-hydrogen) atoms. The van der Waals surface area contributed by atoms with Crippen LogP contribution in [0.4, 0.5) is 0 Å². The first-order valence-electron chi connectivity index (χ1n) is 4.75. The van der Waals surface area contributed by atoms with E-state index in [0.29, 0.717) is 4.59 Å². The molecule has 0 atom stereocenters. The zero-order chi connectivity index (χ0) is 8.74. The summed E-state index contributed by atoms with van der Waals surface area (Å²) >= 11 is 0. The number of halogens is 1. The van der Waals surface area contributed by atoms with Crippen LogP contribution in [-0.2, 0) is 0 Å². The Balaban J connectivity index is 0. The van der Waals surface area contributed by atoms with Crippen LogP contribution in [0.25, 0.3) is 0 Å². The lowest BCUT2D eigenvalue weighted by Crippen LogP contribution is -3.00. The van der Waals surface area contributed by atoms with Crippen molar-refractivity contribution in [3.8, 4) is 0 Å². The fourth-order valence-electron chi connectivity index (χ4n) is 1.15. The zero-order valence-corrected chi connectivity index (χ0v) is 10.8. The molecule has 0 aliphatic rings. The molecule has 0 bridgehead atoms. The van der Waals surface area contributed by atoms with Crippen molar-refractivity contribution in [1.29, 1.82) is 0 Å². The Hall–Kier alpha value is 0.650. The molecular formula is C9H23IN2. The third-order valence-corrected chi connectivity index (χ3v) is 2.04. The molecule has 0 heterocycles. The minimum absolute atomic E-state index is 0. The first kappa shape index (κ1) is 15.1. The summed E-state index contributed by atoms with van der Waals surface area (Å²) in [5, 5.41) is 0. The molecule has 2 N–H and O–H groups in total. The molecule has 0 aromatic rings. The van der Waals surface area contributed by atoms with E-state index in [1.54, 1.807) is 0 Å². The summed E-state index contributed by atoms with van der Waals surface area (Å²) in [7, 11) is 2.12. The second-order valence-corrected chi connectivity index (χ2v) is 3.63. The SMILES string of the molecule is CCCC[N+](C)(N)CCCC.[I-]. The molecule has 0 aromatic heterocycles. The molecule has 0 aliphatic heterocycles. The van der Waals surface area contributed by atoms with E-state index in [2.05, 4.69) is 20.9 Å². The first-order chi connectivity index (χ1) is 5.12. The van der Waals surface area contributed by atoms with Gasteiger partial charge in [0.1, 0.15) is 0 Å². The molecule has 2 nitrogen and oxygen atoms in total. The number of nitrogens with zero attached hydrogens (tertiary/aromatic N) is 1. The molecule has 0 saturated carbocycles. The summed E-state index contributed by atoms with van der Waals surface area (Å²) in [6, 6.07) is 0. The van der Waals surface area contributed by atoms with Crippen molar-refractivity contribution in [2.45, 2.75) is 39.5 Å². The molecule has 0 amide bonds. The Morgan fingerprint density at radius 1 is 1.00 bits per heavy atom. The number of hydrogen-bond donors (Lipinski definition) is 1. The van der Waals surface area contributed by atoms with Gasteiger partial charge < -0.3 is 24.0 Å². The second-order valence-electron chi connectivity index (χ2n) is 3.63. The highest BCUT2D eigenvalue weighted by molar-refractivity contribution is 4.36. The quantitative estimate of drug-likeness (QED) is 0.286. The molecule has 0 unspecified atom stereocenters. The highest BCUT2D eigenvalue weighted by atomic mass is 127. The van der Waals surface area contributed by atoms with Crippen LogP contribution >= 0.6 is 0 Å². The lowest BCUT2D eigenvalue weighted by Gasteiger charge is -2.27. The van der Waals surface area contributed by atoms with Gasteiger partial charge in [-0.1, -0.05) is 26.7 Å². The zero-order valence-electron chi connectivity index (χ0n) is 8.65. The van der Waals surface area contributed by atoms with E-state index in [-0.39, 0.29) is 24.0 Å². The summed E-state index contributed by atoms with van der Waals surface area (Å²) in [6.07, 6.45) is 4.99. The number of rotatable bonds is 6. The highest BCUT2D eigenvalue weighted by Crippen LogP contribution is 2.01. The Bertz CT molecular complexity index is 84.5. The normalized spacial score (nSPS) is 11.0. The summed E-state index contributed by atoms with van der Waals surface area (Å²) in [6.45, 7) is 6.66. The van der Waals surface area contributed by atoms with E-state index in [0.717, 1.165) is 13.1 Å². The summed E-state index contributed by atoms with van der Waals surface area (Å²) < 4.78 is 0.710. The van der Waals surface area contributed by atoms with Gasteiger partial charge in [-0.05, 0) is 12.8 Å². The summed E-state index contributed by atoms with van der Waals surface area (Å²) in [5.74, 6) is 6.03. The molecule has 3 heteroatoms. The van der Waals surface area contributed by atoms with Crippen LogP contribution in [0.1, 0.15) is 39.5 Å². The van der Waals surface area contributed by atoms with E-state index in [1.807, 2.05) is 0 Å². The van der Waals surface area contributed by atoms with Crippen molar-refractivity contribution >= 4 is 0 Å². The fraction of sp³-hybridized carbons (Fsp3) is 1.00. The molecule has 0 aromatic carbocycles. The lowest BCUT2D eigenvalue weighted by atomic mass is 10.2. The van der Waals surface area contributed by atoms with Gasteiger partial charge in [0.05, 0.1) is 20.1 Å². The van der Waals surface area contributed by atoms with Crippen LogP contribution < -0.4 is 29.8 Å². The van der Waals surface area contributed by atoms with Gasteiger partial charge in [0.2, 0.25) is 0 Å². The monoisotopic (exact) mass is 286 g/mol. The Labute approximate surface area is 94.1 Å². The predicted octanol–water partition coefficient (Wildman–Crippen LogP) is -1.09. The van der Waals surface area contributed by atoms with E-state index < -0.39 is 0 Å². The molecule has 76 valence electrons. The first-order valence-corrected chi connectivity index (χ1v) is 4.75. The van der Waals surface area contributed by atoms with Crippen LogP contribution in [0.15, 0.2) is 0 Å². The minimum atomic E-state index is 0. The maximum Gasteiger partial charge on any atom is 0.0957 e. The predicted molar refractivity (Wildman–Crippen MR) is 49.9 cm³/mol. The Morgan fingerprint density at radius 2 is 1.33 bits per heavy atom. The minimum Gasteiger partial charge on any atom is -1.00 e. The van der Waals surface area contributed by atoms with Crippen molar-refractivity contribution in [3.63, 3.8) is 0 Å². The molecule has 0 spiro atoms. The van der Waals surface area contributed by atoms with E-state index in [9.17, 15) is 0 Å². The van der Waals surface area contributed by atoms with Crippen LogP contribution in [-0.4, -0.2) is 24.7 Å².